The minimum atomic E-state index is -0.711. The summed E-state index contributed by atoms with van der Waals surface area (Å²) in [5.74, 6) is -2.06. The highest BCUT2D eigenvalue weighted by atomic mass is 19.1. The summed E-state index contributed by atoms with van der Waals surface area (Å²) in [5, 5.41) is 3.38. The number of Topliss-reactive ketones (excluding diaryl/α,β-unsaturated/α-hetero) is 1. The molecule has 0 bridgehead atoms. The number of anilines is 1. The summed E-state index contributed by atoms with van der Waals surface area (Å²) in [7, 11) is 3.34. The van der Waals surface area contributed by atoms with E-state index >= 15 is 0 Å². The first-order valence-corrected chi connectivity index (χ1v) is 11.0. The van der Waals surface area contributed by atoms with Crippen molar-refractivity contribution in [1.82, 2.24) is 4.90 Å². The molecule has 0 aromatic heterocycles. The van der Waals surface area contributed by atoms with E-state index in [0.717, 1.165) is 5.56 Å². The van der Waals surface area contributed by atoms with Crippen molar-refractivity contribution in [2.24, 2.45) is 0 Å². The Morgan fingerprint density at radius 2 is 1.62 bits per heavy atom. The lowest BCUT2D eigenvalue weighted by Gasteiger charge is -2.35. The maximum atomic E-state index is 13.9. The standard InChI is InChI=1S/C27H25FN2O4/c1-4-34-27(33)20-6-5-7-21-23(20)25(31)22(24(29-21)17-12-14-19(28)15-13-17)16-8-10-18(11-9-16)26(32)30(2)3/h5-15,22,24,29H,4H2,1-3H3. The number of carbonyl (C=O) groups excluding carboxylic acids is 3. The maximum absolute atomic E-state index is 13.9. The average molecular weight is 461 g/mol. The molecule has 6 nitrogen and oxygen atoms in total. The second-order valence-electron chi connectivity index (χ2n) is 8.29. The molecule has 0 saturated heterocycles. The van der Waals surface area contributed by atoms with Gasteiger partial charge >= 0.3 is 5.97 Å². The van der Waals surface area contributed by atoms with Crippen molar-refractivity contribution in [2.45, 2.75) is 18.9 Å². The van der Waals surface area contributed by atoms with Crippen molar-refractivity contribution in [3.63, 3.8) is 0 Å². The van der Waals surface area contributed by atoms with Gasteiger partial charge in [-0.2, -0.15) is 0 Å². The molecule has 0 saturated carbocycles. The number of rotatable bonds is 5. The fourth-order valence-electron chi connectivity index (χ4n) is 4.26. The average Bonchev–Trinajstić information content (AvgIpc) is 2.84. The van der Waals surface area contributed by atoms with Gasteiger partial charge in [-0.15, -0.1) is 0 Å². The minimum Gasteiger partial charge on any atom is -0.462 e. The number of fused-ring (bicyclic) bond motifs is 1. The van der Waals surface area contributed by atoms with E-state index in [9.17, 15) is 18.8 Å². The van der Waals surface area contributed by atoms with E-state index in [0.29, 0.717) is 16.8 Å². The van der Waals surface area contributed by atoms with Crippen molar-refractivity contribution in [3.05, 3.63) is 100 Å². The van der Waals surface area contributed by atoms with Crippen molar-refractivity contribution in [3.8, 4) is 0 Å². The molecule has 3 aromatic carbocycles. The van der Waals surface area contributed by atoms with Gasteiger partial charge in [-0.25, -0.2) is 9.18 Å². The minimum absolute atomic E-state index is 0.148. The summed E-state index contributed by atoms with van der Waals surface area (Å²) in [6.07, 6.45) is 0. The molecule has 0 radical (unpaired) electrons. The Balaban J connectivity index is 1.83. The van der Waals surface area contributed by atoms with Gasteiger partial charge in [0.05, 0.1) is 29.7 Å². The van der Waals surface area contributed by atoms with Gasteiger partial charge in [-0.05, 0) is 54.4 Å². The van der Waals surface area contributed by atoms with Gasteiger partial charge in [0.25, 0.3) is 5.91 Å². The molecule has 0 spiro atoms. The third kappa shape index (κ3) is 4.29. The van der Waals surface area contributed by atoms with Crippen LogP contribution in [0.3, 0.4) is 0 Å². The number of carbonyl (C=O) groups is 3. The SMILES string of the molecule is CCOC(=O)c1cccc2c1C(=O)C(c1ccc(C(=O)N(C)C)cc1)C(c1ccc(F)cc1)N2. The second kappa shape index (κ2) is 9.47. The van der Waals surface area contributed by atoms with Gasteiger partial charge < -0.3 is 15.0 Å². The zero-order chi connectivity index (χ0) is 24.4. The second-order valence-corrected chi connectivity index (χ2v) is 8.29. The Morgan fingerprint density at radius 3 is 2.24 bits per heavy atom. The number of ether oxygens (including phenoxy) is 1. The third-order valence-corrected chi connectivity index (χ3v) is 5.89. The van der Waals surface area contributed by atoms with Crippen LogP contribution in [0, 0.1) is 5.82 Å². The van der Waals surface area contributed by atoms with Crippen molar-refractivity contribution >= 4 is 23.3 Å². The molecule has 2 atom stereocenters. The maximum Gasteiger partial charge on any atom is 0.338 e. The highest BCUT2D eigenvalue weighted by Gasteiger charge is 2.39. The summed E-state index contributed by atoms with van der Waals surface area (Å²) in [5.41, 5.74) is 2.86. The molecule has 1 aliphatic heterocycles. The molecular weight excluding hydrogens is 435 g/mol. The molecule has 0 aliphatic carbocycles. The fraction of sp³-hybridized carbons (Fsp3) is 0.222. The van der Waals surface area contributed by atoms with Crippen LogP contribution in [0.4, 0.5) is 10.1 Å². The number of hydrogen-bond donors (Lipinski definition) is 1. The highest BCUT2D eigenvalue weighted by Crippen LogP contribution is 2.43. The predicted molar refractivity (Wildman–Crippen MR) is 127 cm³/mol. The molecule has 4 rings (SSSR count). The number of ketones is 1. The highest BCUT2D eigenvalue weighted by molar-refractivity contribution is 6.14. The van der Waals surface area contributed by atoms with Crippen LogP contribution < -0.4 is 5.32 Å². The summed E-state index contributed by atoms with van der Waals surface area (Å²) >= 11 is 0. The summed E-state index contributed by atoms with van der Waals surface area (Å²) in [6, 6.07) is 17.3. The van der Waals surface area contributed by atoms with Gasteiger partial charge in [0.1, 0.15) is 5.82 Å². The van der Waals surface area contributed by atoms with Crippen molar-refractivity contribution in [2.75, 3.05) is 26.0 Å². The fourth-order valence-corrected chi connectivity index (χ4v) is 4.26. The number of halogens is 1. The van der Waals surface area contributed by atoms with Crippen LogP contribution in [0.5, 0.6) is 0 Å². The Morgan fingerprint density at radius 1 is 0.971 bits per heavy atom. The molecule has 1 aliphatic rings. The van der Waals surface area contributed by atoms with Crippen LogP contribution in [0.15, 0.2) is 66.7 Å². The molecule has 1 amide bonds. The van der Waals surface area contributed by atoms with Crippen LogP contribution in [-0.2, 0) is 4.74 Å². The molecule has 0 fully saturated rings. The number of nitrogens with one attached hydrogen (secondary N) is 1. The van der Waals surface area contributed by atoms with Crippen molar-refractivity contribution < 1.29 is 23.5 Å². The molecule has 2 unspecified atom stereocenters. The van der Waals surface area contributed by atoms with Gasteiger partial charge in [-0.3, -0.25) is 9.59 Å². The van der Waals surface area contributed by atoms with E-state index in [1.54, 1.807) is 75.6 Å². The first-order valence-electron chi connectivity index (χ1n) is 11.0. The Labute approximate surface area is 197 Å². The monoisotopic (exact) mass is 460 g/mol. The lowest BCUT2D eigenvalue weighted by molar-refractivity contribution is 0.0522. The summed E-state index contributed by atoms with van der Waals surface area (Å²) in [4.78, 5) is 40.3. The van der Waals surface area contributed by atoms with E-state index in [1.165, 1.54) is 17.0 Å². The van der Waals surface area contributed by atoms with Gasteiger partial charge in [-0.1, -0.05) is 30.3 Å². The van der Waals surface area contributed by atoms with E-state index in [1.807, 2.05) is 0 Å². The molecule has 1 heterocycles. The van der Waals surface area contributed by atoms with Crippen molar-refractivity contribution in [1.29, 1.82) is 0 Å². The lowest BCUT2D eigenvalue weighted by atomic mass is 9.77. The number of esters is 1. The van der Waals surface area contributed by atoms with Gasteiger partial charge in [0, 0.05) is 25.3 Å². The molecule has 3 aromatic rings. The lowest BCUT2D eigenvalue weighted by Crippen LogP contribution is -2.33. The van der Waals surface area contributed by atoms with Crippen LogP contribution >= 0.6 is 0 Å². The normalized spacial score (nSPS) is 16.9. The summed E-state index contributed by atoms with van der Waals surface area (Å²) < 4.78 is 18.8. The van der Waals surface area contributed by atoms with Crippen LogP contribution in [0.1, 0.15) is 61.1 Å². The molecule has 1 N–H and O–H groups in total. The Hall–Kier alpha value is -4.00. The molecular formula is C27H25FN2O4. The number of nitrogens with zero attached hydrogens (tertiary/aromatic N) is 1. The number of amides is 1. The van der Waals surface area contributed by atoms with E-state index in [-0.39, 0.29) is 35.2 Å². The van der Waals surface area contributed by atoms with E-state index in [4.69, 9.17) is 4.74 Å². The third-order valence-electron chi connectivity index (χ3n) is 5.89. The smallest absolute Gasteiger partial charge is 0.338 e. The Kier molecular flexibility index (Phi) is 6.45. The quantitative estimate of drug-likeness (QED) is 0.552. The van der Waals surface area contributed by atoms with Crippen LogP contribution in [0.2, 0.25) is 0 Å². The van der Waals surface area contributed by atoms with Crippen LogP contribution in [0.25, 0.3) is 0 Å². The summed E-state index contributed by atoms with van der Waals surface area (Å²) in [6.45, 7) is 1.89. The first-order chi connectivity index (χ1) is 16.3. The van der Waals surface area contributed by atoms with E-state index in [2.05, 4.69) is 5.32 Å². The van der Waals surface area contributed by atoms with Crippen LogP contribution in [-0.4, -0.2) is 43.3 Å². The largest absolute Gasteiger partial charge is 0.462 e. The Bertz CT molecular complexity index is 1240. The number of hydrogen-bond acceptors (Lipinski definition) is 5. The van der Waals surface area contributed by atoms with Gasteiger partial charge in [0.15, 0.2) is 5.78 Å². The zero-order valence-electron chi connectivity index (χ0n) is 19.2. The molecule has 7 heteroatoms. The molecule has 34 heavy (non-hydrogen) atoms. The van der Waals surface area contributed by atoms with Gasteiger partial charge in [0.2, 0.25) is 0 Å². The van der Waals surface area contributed by atoms with E-state index < -0.39 is 17.9 Å². The first kappa shape index (κ1) is 23.2. The topological polar surface area (TPSA) is 75.7 Å². The molecule has 174 valence electrons. The predicted octanol–water partition coefficient (Wildman–Crippen LogP) is 4.84. The number of benzene rings is 3. The zero-order valence-corrected chi connectivity index (χ0v) is 19.2.